The number of fused-ring (bicyclic) bond motifs is 1. The highest BCUT2D eigenvalue weighted by Gasteiger charge is 2.17. The topological polar surface area (TPSA) is 27.1 Å². The molecule has 1 atom stereocenters. The fourth-order valence-corrected chi connectivity index (χ4v) is 2.48. The van der Waals surface area contributed by atoms with Crippen LogP contribution in [0.1, 0.15) is 18.9 Å². The maximum atomic E-state index is 6.00. The Bertz CT molecular complexity index is 746. The van der Waals surface area contributed by atoms with Crippen molar-refractivity contribution in [2.75, 3.05) is 0 Å². The second-order valence-corrected chi connectivity index (χ2v) is 4.93. The van der Waals surface area contributed by atoms with Gasteiger partial charge in [0.1, 0.15) is 5.75 Å². The Balaban J connectivity index is 1.98. The molecule has 2 aromatic carbocycles. The second-order valence-electron chi connectivity index (χ2n) is 4.93. The highest BCUT2D eigenvalue weighted by atomic mass is 16.5. The van der Waals surface area contributed by atoms with E-state index in [0.717, 1.165) is 29.2 Å². The van der Waals surface area contributed by atoms with Crippen molar-refractivity contribution in [3.63, 3.8) is 0 Å². The lowest BCUT2D eigenvalue weighted by atomic mass is 10.3. The van der Waals surface area contributed by atoms with E-state index in [4.69, 9.17) is 9.72 Å². The van der Waals surface area contributed by atoms with Crippen molar-refractivity contribution in [1.82, 2.24) is 9.55 Å². The van der Waals surface area contributed by atoms with Gasteiger partial charge in [0, 0.05) is 6.54 Å². The minimum atomic E-state index is -0.125. The van der Waals surface area contributed by atoms with Gasteiger partial charge in [-0.2, -0.15) is 0 Å². The van der Waals surface area contributed by atoms with Crippen molar-refractivity contribution in [2.24, 2.45) is 0 Å². The first-order chi connectivity index (χ1) is 10.3. The van der Waals surface area contributed by atoms with Crippen LogP contribution < -0.4 is 4.74 Å². The van der Waals surface area contributed by atoms with Crippen LogP contribution in [0.3, 0.4) is 0 Å². The molecule has 0 spiro atoms. The van der Waals surface area contributed by atoms with E-state index in [2.05, 4.69) is 17.2 Å². The van der Waals surface area contributed by atoms with E-state index in [9.17, 15) is 0 Å². The van der Waals surface area contributed by atoms with E-state index in [1.54, 1.807) is 0 Å². The van der Waals surface area contributed by atoms with Crippen LogP contribution in [0.5, 0.6) is 5.75 Å². The molecular formula is C18H18N2O. The Labute approximate surface area is 124 Å². The lowest BCUT2D eigenvalue weighted by Crippen LogP contribution is -2.11. The van der Waals surface area contributed by atoms with Crippen LogP contribution in [-0.4, -0.2) is 9.55 Å². The highest BCUT2D eigenvalue weighted by Crippen LogP contribution is 2.25. The van der Waals surface area contributed by atoms with Gasteiger partial charge in [-0.3, -0.25) is 0 Å². The van der Waals surface area contributed by atoms with Crippen molar-refractivity contribution in [3.05, 3.63) is 73.1 Å². The molecule has 0 N–H and O–H groups in total. The number of hydrogen-bond donors (Lipinski definition) is 0. The number of imidazole rings is 1. The molecule has 3 aromatic rings. The van der Waals surface area contributed by atoms with E-state index < -0.39 is 0 Å². The third kappa shape index (κ3) is 2.68. The number of allylic oxidation sites excluding steroid dienone is 1. The SMILES string of the molecule is C=CCn1c(C(C)Oc2ccccc2)nc2ccccc21. The molecule has 0 aliphatic rings. The summed E-state index contributed by atoms with van der Waals surface area (Å²) in [5, 5.41) is 0. The van der Waals surface area contributed by atoms with Gasteiger partial charge in [0.05, 0.1) is 11.0 Å². The predicted octanol–water partition coefficient (Wildman–Crippen LogP) is 4.36. The second kappa shape index (κ2) is 5.83. The normalized spacial score (nSPS) is 12.2. The zero-order valence-electron chi connectivity index (χ0n) is 12.1. The highest BCUT2D eigenvalue weighted by molar-refractivity contribution is 5.76. The molecule has 3 rings (SSSR count). The first-order valence-electron chi connectivity index (χ1n) is 7.07. The van der Waals surface area contributed by atoms with Crippen LogP contribution in [0, 0.1) is 0 Å². The van der Waals surface area contributed by atoms with Crippen LogP contribution >= 0.6 is 0 Å². The number of ether oxygens (including phenoxy) is 1. The monoisotopic (exact) mass is 278 g/mol. The van der Waals surface area contributed by atoms with E-state index in [1.807, 2.05) is 61.5 Å². The molecule has 0 fully saturated rings. The van der Waals surface area contributed by atoms with Gasteiger partial charge >= 0.3 is 0 Å². The average molecular weight is 278 g/mol. The first kappa shape index (κ1) is 13.4. The Hall–Kier alpha value is -2.55. The van der Waals surface area contributed by atoms with E-state index in [-0.39, 0.29) is 6.10 Å². The van der Waals surface area contributed by atoms with Gasteiger partial charge in [-0.15, -0.1) is 6.58 Å². The van der Waals surface area contributed by atoms with Gasteiger partial charge in [0.25, 0.3) is 0 Å². The van der Waals surface area contributed by atoms with E-state index in [1.165, 1.54) is 0 Å². The molecule has 0 saturated heterocycles. The summed E-state index contributed by atoms with van der Waals surface area (Å²) < 4.78 is 8.15. The molecule has 0 aliphatic carbocycles. The fourth-order valence-electron chi connectivity index (χ4n) is 2.48. The molecule has 0 saturated carbocycles. The summed E-state index contributed by atoms with van der Waals surface area (Å²) in [4.78, 5) is 4.72. The third-order valence-corrected chi connectivity index (χ3v) is 3.42. The Morgan fingerprint density at radius 3 is 2.62 bits per heavy atom. The summed E-state index contributed by atoms with van der Waals surface area (Å²) in [5.41, 5.74) is 2.09. The Morgan fingerprint density at radius 2 is 1.86 bits per heavy atom. The summed E-state index contributed by atoms with van der Waals surface area (Å²) >= 11 is 0. The molecule has 0 radical (unpaired) electrons. The number of nitrogens with zero attached hydrogens (tertiary/aromatic N) is 2. The van der Waals surface area contributed by atoms with Gasteiger partial charge in [-0.25, -0.2) is 4.98 Å². The van der Waals surface area contributed by atoms with Gasteiger partial charge < -0.3 is 9.30 Å². The van der Waals surface area contributed by atoms with Crippen LogP contribution in [-0.2, 0) is 6.54 Å². The van der Waals surface area contributed by atoms with Gasteiger partial charge in [0.2, 0.25) is 0 Å². The van der Waals surface area contributed by atoms with E-state index in [0.29, 0.717) is 0 Å². The van der Waals surface area contributed by atoms with Gasteiger partial charge in [-0.05, 0) is 31.2 Å². The summed E-state index contributed by atoms with van der Waals surface area (Å²) in [6.07, 6.45) is 1.76. The molecule has 1 aromatic heterocycles. The Kier molecular flexibility index (Phi) is 3.73. The quantitative estimate of drug-likeness (QED) is 0.648. The molecule has 0 aliphatic heterocycles. The average Bonchev–Trinajstić information content (AvgIpc) is 2.88. The maximum Gasteiger partial charge on any atom is 0.153 e. The minimum absolute atomic E-state index is 0.125. The van der Waals surface area contributed by atoms with Crippen LogP contribution in [0.4, 0.5) is 0 Å². The number of benzene rings is 2. The van der Waals surface area contributed by atoms with Crippen molar-refractivity contribution < 1.29 is 4.74 Å². The number of aromatic nitrogens is 2. The predicted molar refractivity (Wildman–Crippen MR) is 85.4 cm³/mol. The van der Waals surface area contributed by atoms with Crippen molar-refractivity contribution in [3.8, 4) is 5.75 Å². The molecule has 3 heteroatoms. The van der Waals surface area contributed by atoms with Crippen molar-refractivity contribution in [2.45, 2.75) is 19.6 Å². The summed E-state index contributed by atoms with van der Waals surface area (Å²) in [6, 6.07) is 17.9. The van der Waals surface area contributed by atoms with Crippen LogP contribution in [0.25, 0.3) is 11.0 Å². The maximum absolute atomic E-state index is 6.00. The lowest BCUT2D eigenvalue weighted by Gasteiger charge is -2.15. The molecule has 21 heavy (non-hydrogen) atoms. The van der Waals surface area contributed by atoms with E-state index >= 15 is 0 Å². The molecule has 106 valence electrons. The van der Waals surface area contributed by atoms with Gasteiger partial charge in [-0.1, -0.05) is 36.4 Å². The number of para-hydroxylation sites is 3. The molecular weight excluding hydrogens is 260 g/mol. The first-order valence-corrected chi connectivity index (χ1v) is 7.07. The molecule has 1 heterocycles. The molecule has 0 amide bonds. The minimum Gasteiger partial charge on any atom is -0.483 e. The van der Waals surface area contributed by atoms with Crippen LogP contribution in [0.15, 0.2) is 67.3 Å². The number of rotatable bonds is 5. The van der Waals surface area contributed by atoms with Crippen LogP contribution in [0.2, 0.25) is 0 Å². The number of hydrogen-bond acceptors (Lipinski definition) is 2. The lowest BCUT2D eigenvalue weighted by molar-refractivity contribution is 0.212. The van der Waals surface area contributed by atoms with Gasteiger partial charge in [0.15, 0.2) is 11.9 Å². The van der Waals surface area contributed by atoms with Crippen molar-refractivity contribution in [1.29, 1.82) is 0 Å². The molecule has 3 nitrogen and oxygen atoms in total. The summed E-state index contributed by atoms with van der Waals surface area (Å²) in [5.74, 6) is 1.77. The molecule has 0 bridgehead atoms. The largest absolute Gasteiger partial charge is 0.483 e. The summed E-state index contributed by atoms with van der Waals surface area (Å²) in [6.45, 7) is 6.58. The Morgan fingerprint density at radius 1 is 1.14 bits per heavy atom. The summed E-state index contributed by atoms with van der Waals surface area (Å²) in [7, 11) is 0. The third-order valence-electron chi connectivity index (χ3n) is 3.42. The smallest absolute Gasteiger partial charge is 0.153 e. The zero-order chi connectivity index (χ0) is 14.7. The zero-order valence-corrected chi connectivity index (χ0v) is 12.1. The fraction of sp³-hybridized carbons (Fsp3) is 0.167. The standard InChI is InChI=1S/C18H18N2O/c1-3-13-20-17-12-8-7-11-16(17)19-18(20)14(2)21-15-9-5-4-6-10-15/h3-12,14H,1,13H2,2H3. The van der Waals surface area contributed by atoms with Crippen molar-refractivity contribution >= 4 is 11.0 Å². The molecule has 1 unspecified atom stereocenters.